The van der Waals surface area contributed by atoms with E-state index in [1.807, 2.05) is 25.1 Å². The van der Waals surface area contributed by atoms with Crippen LogP contribution in [0.5, 0.6) is 5.75 Å². The number of hydrogen-bond acceptors (Lipinski definition) is 2. The van der Waals surface area contributed by atoms with E-state index in [4.69, 9.17) is 10.5 Å². The van der Waals surface area contributed by atoms with Gasteiger partial charge < -0.3 is 10.5 Å². The lowest BCUT2D eigenvalue weighted by Crippen LogP contribution is -2.21. The number of benzene rings is 1. The molecule has 0 aliphatic rings. The van der Waals surface area contributed by atoms with E-state index in [1.165, 1.54) is 11.1 Å². The highest BCUT2D eigenvalue weighted by Gasteiger charge is 2.07. The first kappa shape index (κ1) is 13.8. The summed E-state index contributed by atoms with van der Waals surface area (Å²) in [5.41, 5.74) is 8.47. The van der Waals surface area contributed by atoms with Gasteiger partial charge in [-0.1, -0.05) is 36.8 Å². The molecule has 1 unspecified atom stereocenters. The van der Waals surface area contributed by atoms with Crippen LogP contribution in [0.1, 0.15) is 31.4 Å². The van der Waals surface area contributed by atoms with Crippen molar-refractivity contribution in [3.05, 3.63) is 41.5 Å². The van der Waals surface area contributed by atoms with Gasteiger partial charge in [0.05, 0.1) is 0 Å². The van der Waals surface area contributed by atoms with Crippen LogP contribution in [-0.2, 0) is 6.42 Å². The molecule has 0 saturated carbocycles. The lowest BCUT2D eigenvalue weighted by molar-refractivity contribution is 0.357. The molecule has 0 bridgehead atoms. The predicted octanol–water partition coefficient (Wildman–Crippen LogP) is 3.23. The molecule has 0 amide bonds. The van der Waals surface area contributed by atoms with E-state index in [1.54, 1.807) is 0 Å². The zero-order valence-electron chi connectivity index (χ0n) is 11.1. The highest BCUT2D eigenvalue weighted by Crippen LogP contribution is 2.21. The summed E-state index contributed by atoms with van der Waals surface area (Å²) in [7, 11) is 0. The van der Waals surface area contributed by atoms with Crippen molar-refractivity contribution in [3.63, 3.8) is 0 Å². The van der Waals surface area contributed by atoms with Gasteiger partial charge in [0.2, 0.25) is 0 Å². The highest BCUT2D eigenvalue weighted by molar-refractivity contribution is 5.37. The second-order valence-electron chi connectivity index (χ2n) is 4.36. The molecule has 1 rings (SSSR count). The zero-order valence-corrected chi connectivity index (χ0v) is 11.1. The molecule has 0 radical (unpaired) electrons. The summed E-state index contributed by atoms with van der Waals surface area (Å²) in [5, 5.41) is 0. The van der Waals surface area contributed by atoms with Crippen LogP contribution in [0.25, 0.3) is 0 Å². The SMILES string of the molecule is CC=CCOc1ccc(C)cc1CC(N)CC. The Morgan fingerprint density at radius 1 is 1.41 bits per heavy atom. The zero-order chi connectivity index (χ0) is 12.7. The molecule has 2 N–H and O–H groups in total. The van der Waals surface area contributed by atoms with E-state index in [2.05, 4.69) is 26.0 Å². The first-order valence-electron chi connectivity index (χ1n) is 6.26. The molecule has 0 fully saturated rings. The Morgan fingerprint density at radius 3 is 2.82 bits per heavy atom. The first-order chi connectivity index (χ1) is 8.17. The van der Waals surface area contributed by atoms with Crippen molar-refractivity contribution in [2.24, 2.45) is 5.73 Å². The van der Waals surface area contributed by atoms with Crippen LogP contribution in [0.3, 0.4) is 0 Å². The van der Waals surface area contributed by atoms with E-state index in [0.29, 0.717) is 6.61 Å². The summed E-state index contributed by atoms with van der Waals surface area (Å²) < 4.78 is 5.74. The third-order valence-corrected chi connectivity index (χ3v) is 2.79. The van der Waals surface area contributed by atoms with Crippen molar-refractivity contribution in [3.8, 4) is 5.75 Å². The Balaban J connectivity index is 2.79. The van der Waals surface area contributed by atoms with Gasteiger partial charge in [0.1, 0.15) is 12.4 Å². The third-order valence-electron chi connectivity index (χ3n) is 2.79. The van der Waals surface area contributed by atoms with Gasteiger partial charge in [-0.3, -0.25) is 0 Å². The summed E-state index contributed by atoms with van der Waals surface area (Å²) in [6, 6.07) is 6.49. The van der Waals surface area contributed by atoms with E-state index in [0.717, 1.165) is 18.6 Å². The largest absolute Gasteiger partial charge is 0.489 e. The maximum atomic E-state index is 6.01. The van der Waals surface area contributed by atoms with Crippen LogP contribution in [-0.4, -0.2) is 12.6 Å². The first-order valence-corrected chi connectivity index (χ1v) is 6.26. The van der Waals surface area contributed by atoms with Gasteiger partial charge >= 0.3 is 0 Å². The average Bonchev–Trinajstić information content (AvgIpc) is 2.32. The number of hydrogen-bond donors (Lipinski definition) is 1. The standard InChI is InChI=1S/C15H23NO/c1-4-6-9-17-15-8-7-12(3)10-13(15)11-14(16)5-2/h4,6-8,10,14H,5,9,11,16H2,1-3H3. The van der Waals surface area contributed by atoms with Gasteiger partial charge in [-0.05, 0) is 38.3 Å². The summed E-state index contributed by atoms with van der Waals surface area (Å²) >= 11 is 0. The monoisotopic (exact) mass is 233 g/mol. The van der Waals surface area contributed by atoms with Gasteiger partial charge in [0.15, 0.2) is 0 Å². The van der Waals surface area contributed by atoms with Gasteiger partial charge in [0.25, 0.3) is 0 Å². The van der Waals surface area contributed by atoms with Crippen LogP contribution in [0.2, 0.25) is 0 Å². The maximum absolute atomic E-state index is 6.01. The number of ether oxygens (including phenoxy) is 1. The smallest absolute Gasteiger partial charge is 0.123 e. The molecule has 1 aromatic rings. The quantitative estimate of drug-likeness (QED) is 0.766. The van der Waals surface area contributed by atoms with Gasteiger partial charge in [-0.2, -0.15) is 0 Å². The molecule has 1 aromatic carbocycles. The maximum Gasteiger partial charge on any atom is 0.123 e. The van der Waals surface area contributed by atoms with E-state index >= 15 is 0 Å². The molecule has 2 heteroatoms. The molecule has 0 saturated heterocycles. The van der Waals surface area contributed by atoms with Gasteiger partial charge in [-0.25, -0.2) is 0 Å². The third kappa shape index (κ3) is 4.61. The Morgan fingerprint density at radius 2 is 2.18 bits per heavy atom. The average molecular weight is 233 g/mol. The lowest BCUT2D eigenvalue weighted by atomic mass is 10.0. The van der Waals surface area contributed by atoms with Crippen molar-refractivity contribution in [1.82, 2.24) is 0 Å². The molecule has 0 aromatic heterocycles. The lowest BCUT2D eigenvalue weighted by Gasteiger charge is -2.14. The second kappa shape index (κ2) is 7.13. The van der Waals surface area contributed by atoms with Crippen LogP contribution in [0, 0.1) is 6.92 Å². The van der Waals surface area contributed by atoms with Crippen molar-refractivity contribution >= 4 is 0 Å². The minimum atomic E-state index is 0.209. The predicted molar refractivity (Wildman–Crippen MR) is 73.5 cm³/mol. The normalized spacial score (nSPS) is 12.9. The Kier molecular flexibility index (Phi) is 5.78. The van der Waals surface area contributed by atoms with Gasteiger partial charge in [-0.15, -0.1) is 0 Å². The van der Waals surface area contributed by atoms with Crippen molar-refractivity contribution in [2.75, 3.05) is 6.61 Å². The summed E-state index contributed by atoms with van der Waals surface area (Å²) in [6.45, 7) is 6.82. The van der Waals surface area contributed by atoms with Gasteiger partial charge in [0, 0.05) is 6.04 Å². The number of allylic oxidation sites excluding steroid dienone is 1. The molecule has 1 atom stereocenters. The molecular formula is C15H23NO. The van der Waals surface area contributed by atoms with Crippen LogP contribution < -0.4 is 10.5 Å². The fourth-order valence-electron chi connectivity index (χ4n) is 1.67. The Labute approximate surface area is 104 Å². The molecule has 0 spiro atoms. The van der Waals surface area contributed by atoms with Crippen LogP contribution in [0.4, 0.5) is 0 Å². The summed E-state index contributed by atoms with van der Waals surface area (Å²) in [6.07, 6.45) is 5.86. The molecule has 0 aliphatic heterocycles. The summed E-state index contributed by atoms with van der Waals surface area (Å²) in [5.74, 6) is 0.956. The van der Waals surface area contributed by atoms with E-state index < -0.39 is 0 Å². The van der Waals surface area contributed by atoms with E-state index in [9.17, 15) is 0 Å². The molecule has 94 valence electrons. The molecule has 0 aliphatic carbocycles. The highest BCUT2D eigenvalue weighted by atomic mass is 16.5. The van der Waals surface area contributed by atoms with Crippen molar-refractivity contribution in [2.45, 2.75) is 39.7 Å². The molecule has 2 nitrogen and oxygen atoms in total. The number of nitrogens with two attached hydrogens (primary N) is 1. The minimum Gasteiger partial charge on any atom is -0.489 e. The molecule has 17 heavy (non-hydrogen) atoms. The fraction of sp³-hybridized carbons (Fsp3) is 0.467. The molecule has 0 heterocycles. The number of aryl methyl sites for hydroxylation is 1. The van der Waals surface area contributed by atoms with E-state index in [-0.39, 0.29) is 6.04 Å². The molecular weight excluding hydrogens is 210 g/mol. The minimum absolute atomic E-state index is 0.209. The van der Waals surface area contributed by atoms with Crippen molar-refractivity contribution in [1.29, 1.82) is 0 Å². The topological polar surface area (TPSA) is 35.2 Å². The number of rotatable bonds is 6. The van der Waals surface area contributed by atoms with Crippen LogP contribution in [0.15, 0.2) is 30.4 Å². The Bertz CT molecular complexity index is 371. The summed E-state index contributed by atoms with van der Waals surface area (Å²) in [4.78, 5) is 0. The Hall–Kier alpha value is -1.28. The van der Waals surface area contributed by atoms with Crippen molar-refractivity contribution < 1.29 is 4.74 Å². The van der Waals surface area contributed by atoms with Crippen LogP contribution >= 0.6 is 0 Å². The second-order valence-corrected chi connectivity index (χ2v) is 4.36. The fourth-order valence-corrected chi connectivity index (χ4v) is 1.67.